The maximum Gasteiger partial charge on any atom is 0.303 e. The molecule has 0 aliphatic carbocycles. The van der Waals surface area contributed by atoms with Crippen molar-refractivity contribution >= 4 is 5.97 Å². The Kier molecular flexibility index (Phi) is 17.9. The van der Waals surface area contributed by atoms with Gasteiger partial charge >= 0.3 is 5.97 Å². The molecule has 5 atom stereocenters. The number of phenols is 1. The van der Waals surface area contributed by atoms with E-state index in [4.69, 9.17) is 5.11 Å². The monoisotopic (exact) mass is 703 g/mol. The Morgan fingerprint density at radius 3 is 2.51 bits per heavy atom. The second kappa shape index (κ2) is 21.8. The highest BCUT2D eigenvalue weighted by Gasteiger charge is 2.36. The summed E-state index contributed by atoms with van der Waals surface area (Å²) in [5, 5.41) is 67.5. The van der Waals surface area contributed by atoms with Crippen LogP contribution in [0.4, 0.5) is 0 Å². The molecule has 280 valence electrons. The van der Waals surface area contributed by atoms with Gasteiger partial charge in [-0.05, 0) is 91.8 Å². The van der Waals surface area contributed by atoms with Crippen LogP contribution in [0.3, 0.4) is 0 Å². The number of benzene rings is 2. The number of aromatic hydroxyl groups is 1. The highest BCUT2D eigenvalue weighted by atomic mass is 16.4. The fraction of sp³-hybridized carbons (Fsp3) is 0.558. The van der Waals surface area contributed by atoms with Crippen LogP contribution in [0.5, 0.6) is 5.75 Å². The van der Waals surface area contributed by atoms with Crippen molar-refractivity contribution in [2.45, 2.75) is 147 Å². The number of unbranched alkanes of at least 4 members (excludes halogenated alkanes) is 5. The van der Waals surface area contributed by atoms with Crippen LogP contribution in [-0.2, 0) is 23.2 Å². The van der Waals surface area contributed by atoms with Crippen molar-refractivity contribution in [3.63, 3.8) is 0 Å². The van der Waals surface area contributed by atoms with Gasteiger partial charge in [0.05, 0.1) is 24.9 Å². The number of carbonyl (C=O) groups is 1. The van der Waals surface area contributed by atoms with E-state index in [2.05, 4.69) is 49.2 Å². The number of phenolic OH excluding ortho intramolecular Hbond substituents is 1. The van der Waals surface area contributed by atoms with E-state index >= 15 is 0 Å². The number of rotatable bonds is 19. The Morgan fingerprint density at radius 1 is 1.04 bits per heavy atom. The summed E-state index contributed by atoms with van der Waals surface area (Å²) >= 11 is 0. The predicted octanol–water partition coefficient (Wildman–Crippen LogP) is 6.84. The summed E-state index contributed by atoms with van der Waals surface area (Å²) in [5.74, 6) is 6.08. The van der Waals surface area contributed by atoms with E-state index in [0.29, 0.717) is 37.7 Å². The molecule has 0 fully saturated rings. The zero-order valence-corrected chi connectivity index (χ0v) is 30.9. The van der Waals surface area contributed by atoms with Gasteiger partial charge in [-0.3, -0.25) is 4.79 Å². The smallest absolute Gasteiger partial charge is 0.303 e. The third-order valence-electron chi connectivity index (χ3n) is 10.1. The fourth-order valence-electron chi connectivity index (χ4n) is 6.94. The fourth-order valence-corrected chi connectivity index (χ4v) is 6.94. The summed E-state index contributed by atoms with van der Waals surface area (Å²) in [7, 11) is 0. The molecule has 0 aromatic heterocycles. The van der Waals surface area contributed by atoms with Crippen LogP contribution in [0.2, 0.25) is 0 Å². The number of hydrogen-bond acceptors (Lipinski definition) is 7. The third kappa shape index (κ3) is 13.6. The van der Waals surface area contributed by atoms with E-state index in [9.17, 15) is 30.3 Å². The quantitative estimate of drug-likeness (QED) is 0.0621. The summed E-state index contributed by atoms with van der Waals surface area (Å²) in [4.78, 5) is 11.1. The van der Waals surface area contributed by atoms with Crippen molar-refractivity contribution in [2.75, 3.05) is 6.61 Å². The zero-order chi connectivity index (χ0) is 37.2. The number of allylic oxidation sites excluding steroid dienone is 2. The van der Waals surface area contributed by atoms with Crippen LogP contribution >= 0.6 is 0 Å². The first-order valence-corrected chi connectivity index (χ1v) is 19.0. The number of fused-ring (bicyclic) bond motifs is 1. The van der Waals surface area contributed by atoms with Gasteiger partial charge in [0.2, 0.25) is 0 Å². The second-order valence-electron chi connectivity index (χ2n) is 14.1. The number of aryl methyl sites for hydroxylation is 2. The summed E-state index contributed by atoms with van der Waals surface area (Å²) in [5.41, 5.74) is 4.16. The molecule has 1 heterocycles. The number of aliphatic hydroxyl groups excluding tert-OH is 3. The Morgan fingerprint density at radius 2 is 1.80 bits per heavy atom. The van der Waals surface area contributed by atoms with E-state index in [1.54, 1.807) is 31.2 Å². The van der Waals surface area contributed by atoms with E-state index in [1.165, 1.54) is 0 Å². The van der Waals surface area contributed by atoms with Gasteiger partial charge in [0.15, 0.2) is 0 Å². The second-order valence-corrected chi connectivity index (χ2v) is 14.1. The molecular weight excluding hydrogens is 642 g/mol. The van der Waals surface area contributed by atoms with Crippen molar-refractivity contribution in [1.82, 2.24) is 5.32 Å². The van der Waals surface area contributed by atoms with Crippen LogP contribution < -0.4 is 5.32 Å². The van der Waals surface area contributed by atoms with Crippen molar-refractivity contribution in [3.05, 3.63) is 88.0 Å². The molecule has 0 spiro atoms. The molecule has 51 heavy (non-hydrogen) atoms. The normalized spacial score (nSPS) is 20.7. The Balaban J connectivity index is 2.21. The molecule has 1 aliphatic rings. The van der Waals surface area contributed by atoms with Crippen molar-refractivity contribution in [2.24, 2.45) is 0 Å². The van der Waals surface area contributed by atoms with E-state index in [1.807, 2.05) is 12.2 Å². The lowest BCUT2D eigenvalue weighted by Crippen LogP contribution is -2.51. The minimum absolute atomic E-state index is 0.0445. The Labute approximate surface area is 305 Å². The van der Waals surface area contributed by atoms with E-state index in [0.717, 1.165) is 72.8 Å². The lowest BCUT2D eigenvalue weighted by molar-refractivity contribution is -0.137. The molecule has 3 rings (SSSR count). The van der Waals surface area contributed by atoms with Crippen molar-refractivity contribution in [1.29, 1.82) is 0 Å². The average Bonchev–Trinajstić information content (AvgIpc) is 3.10. The molecule has 8 heteroatoms. The van der Waals surface area contributed by atoms with Crippen LogP contribution in [0, 0.1) is 11.8 Å². The molecule has 0 saturated heterocycles. The molecule has 2 aromatic rings. The van der Waals surface area contributed by atoms with Crippen LogP contribution in [0.25, 0.3) is 0 Å². The average molecular weight is 704 g/mol. The first kappa shape index (κ1) is 42.0. The van der Waals surface area contributed by atoms with Gasteiger partial charge in [0.1, 0.15) is 11.4 Å². The molecule has 0 bridgehead atoms. The maximum absolute atomic E-state index is 12.3. The molecule has 2 aromatic carbocycles. The highest BCUT2D eigenvalue weighted by Crippen LogP contribution is 2.33. The lowest BCUT2D eigenvalue weighted by atomic mass is 9.82. The zero-order valence-electron chi connectivity index (χ0n) is 30.9. The lowest BCUT2D eigenvalue weighted by Gasteiger charge is -2.38. The van der Waals surface area contributed by atoms with Crippen LogP contribution in [-0.4, -0.2) is 67.5 Å². The van der Waals surface area contributed by atoms with Crippen molar-refractivity contribution in [3.8, 4) is 17.6 Å². The minimum Gasteiger partial charge on any atom is -0.508 e. The molecule has 8 nitrogen and oxygen atoms in total. The summed E-state index contributed by atoms with van der Waals surface area (Å²) in [6.45, 7) is 5.55. The van der Waals surface area contributed by atoms with Gasteiger partial charge in [-0.25, -0.2) is 0 Å². The van der Waals surface area contributed by atoms with E-state index in [-0.39, 0.29) is 31.1 Å². The Hall–Kier alpha value is -3.45. The SMILES string of the molecule is CCCCC[C@H](O)/C=C/C1=C(\C[C@H](O)CO)[C@H](CCCCCCC(=O)O)N[C@@H]([C@](C)(O)c2cccc(O)c2)CC#Cc2c(CC)cccc2CC1. The predicted molar refractivity (Wildman–Crippen MR) is 203 cm³/mol. The number of carboxylic acid groups (broad SMARTS) is 1. The van der Waals surface area contributed by atoms with Gasteiger partial charge in [-0.15, -0.1) is 0 Å². The number of aliphatic carboxylic acids is 1. The van der Waals surface area contributed by atoms with Gasteiger partial charge in [-0.1, -0.05) is 107 Å². The largest absolute Gasteiger partial charge is 0.508 e. The third-order valence-corrected chi connectivity index (χ3v) is 10.1. The van der Waals surface area contributed by atoms with Gasteiger partial charge in [-0.2, -0.15) is 0 Å². The minimum atomic E-state index is -1.46. The molecule has 7 N–H and O–H groups in total. The van der Waals surface area contributed by atoms with Gasteiger partial charge in [0.25, 0.3) is 0 Å². The van der Waals surface area contributed by atoms with Crippen LogP contribution in [0.1, 0.15) is 126 Å². The number of aliphatic hydroxyl groups is 4. The summed E-state index contributed by atoms with van der Waals surface area (Å²) in [6.07, 6.45) is 12.1. The highest BCUT2D eigenvalue weighted by molar-refractivity contribution is 5.66. The number of nitrogens with one attached hydrogen (secondary N) is 1. The Bertz CT molecular complexity index is 1500. The van der Waals surface area contributed by atoms with Gasteiger partial charge < -0.3 is 36.0 Å². The summed E-state index contributed by atoms with van der Waals surface area (Å²) < 4.78 is 0. The van der Waals surface area contributed by atoms with Crippen LogP contribution in [0.15, 0.2) is 65.8 Å². The first-order chi connectivity index (χ1) is 24.5. The molecule has 0 saturated carbocycles. The summed E-state index contributed by atoms with van der Waals surface area (Å²) in [6, 6.07) is 11.9. The standard InChI is InChI=1S/C43H61NO7/c1-4-6-9-18-35(46)27-26-33-25-24-32-16-12-15-31(5-2)38(32)20-14-22-41(43(3,51)34-17-13-19-36(47)28-34)44-40(39(33)29-37(48)30-45)21-10-7-8-11-23-42(49)50/h12-13,15-17,19,26-28,35,37,40-41,44-48,51H,4-11,18,21-25,29-30H2,1-3H3,(H,49,50)/b27-26+,39-33+/t35-,37-,40-,41+,43+/m0/s1. The molecule has 0 amide bonds. The number of hydrogen-bond donors (Lipinski definition) is 7. The maximum atomic E-state index is 12.3. The molecule has 1 aliphatic heterocycles. The first-order valence-electron chi connectivity index (χ1n) is 19.0. The molecule has 0 radical (unpaired) electrons. The number of carboxylic acids is 1. The van der Waals surface area contributed by atoms with Gasteiger partial charge in [0, 0.05) is 24.4 Å². The molecule has 0 unspecified atom stereocenters. The topological polar surface area (TPSA) is 150 Å². The van der Waals surface area contributed by atoms with E-state index < -0.39 is 36.4 Å². The van der Waals surface area contributed by atoms with Crippen molar-refractivity contribution < 1.29 is 35.4 Å². The molecular formula is C43H61NO7.